The van der Waals surface area contributed by atoms with Crippen molar-refractivity contribution >= 4 is 11.6 Å². The number of halogens is 1. The summed E-state index contributed by atoms with van der Waals surface area (Å²) in [5, 5.41) is 2.51. The van der Waals surface area contributed by atoms with Gasteiger partial charge in [0.15, 0.2) is 0 Å². The Bertz CT molecular complexity index is 674. The minimum atomic E-state index is -0.556. The van der Waals surface area contributed by atoms with Crippen LogP contribution >= 0.6 is 0 Å². The van der Waals surface area contributed by atoms with Crippen LogP contribution in [0.4, 0.5) is 10.1 Å². The molecule has 0 aliphatic heterocycles. The topological polar surface area (TPSA) is 64.1 Å². The highest BCUT2D eigenvalue weighted by atomic mass is 19.1. The number of hydrogen-bond donors (Lipinski definition) is 1. The smallest absolute Gasteiger partial charge is 0.259 e. The van der Waals surface area contributed by atoms with E-state index in [1.165, 1.54) is 18.3 Å². The normalized spacial score (nSPS) is 10.3. The summed E-state index contributed by atoms with van der Waals surface area (Å²) < 4.78 is 19.1. The molecule has 0 bridgehead atoms. The number of nitrogens with zero attached hydrogens (tertiary/aromatic N) is 2. The summed E-state index contributed by atoms with van der Waals surface area (Å²) in [5.74, 6) is -0.00492. The number of ether oxygens (including phenoxy) is 1. The van der Waals surface area contributed by atoms with Crippen LogP contribution in [0.1, 0.15) is 28.8 Å². The Morgan fingerprint density at radius 3 is 2.76 bits per heavy atom. The molecular weight excluding hydrogens is 273 g/mol. The molecule has 0 aliphatic carbocycles. The third-order valence-corrected chi connectivity index (χ3v) is 2.84. The number of carbonyl (C=O) groups excluding carboxylic acids is 1. The Morgan fingerprint density at radius 1 is 1.38 bits per heavy atom. The minimum Gasteiger partial charge on any atom is -0.494 e. The van der Waals surface area contributed by atoms with Gasteiger partial charge in [-0.15, -0.1) is 0 Å². The molecule has 0 saturated carbocycles. The molecular formula is C15H16FN3O2. The fraction of sp³-hybridized carbons (Fsp3) is 0.267. The van der Waals surface area contributed by atoms with Crippen LogP contribution in [0.25, 0.3) is 0 Å². The number of amides is 1. The largest absolute Gasteiger partial charge is 0.494 e. The van der Waals surface area contributed by atoms with Gasteiger partial charge in [0.05, 0.1) is 23.6 Å². The first-order valence-electron chi connectivity index (χ1n) is 6.55. The molecule has 0 saturated heterocycles. The molecule has 1 N–H and O–H groups in total. The van der Waals surface area contributed by atoms with Gasteiger partial charge in [-0.1, -0.05) is 0 Å². The van der Waals surface area contributed by atoms with Crippen molar-refractivity contribution in [3.05, 3.63) is 47.3 Å². The van der Waals surface area contributed by atoms with Crippen molar-refractivity contribution in [2.45, 2.75) is 20.8 Å². The molecule has 0 fully saturated rings. The van der Waals surface area contributed by atoms with E-state index in [1.807, 2.05) is 6.92 Å². The SMILES string of the molecule is CCOc1ccc(NC(=O)c2cnc(C)nc2C)c(F)c1. The predicted molar refractivity (Wildman–Crippen MR) is 77.0 cm³/mol. The molecule has 1 heterocycles. The van der Waals surface area contributed by atoms with Crippen molar-refractivity contribution in [3.63, 3.8) is 0 Å². The zero-order chi connectivity index (χ0) is 15.4. The van der Waals surface area contributed by atoms with Crippen LogP contribution in [0.3, 0.4) is 0 Å². The van der Waals surface area contributed by atoms with Gasteiger partial charge < -0.3 is 10.1 Å². The highest BCUT2D eigenvalue weighted by molar-refractivity contribution is 6.04. The summed E-state index contributed by atoms with van der Waals surface area (Å²) >= 11 is 0. The van der Waals surface area contributed by atoms with Gasteiger partial charge in [0.25, 0.3) is 5.91 Å². The van der Waals surface area contributed by atoms with Gasteiger partial charge in [-0.2, -0.15) is 0 Å². The molecule has 0 unspecified atom stereocenters. The molecule has 0 radical (unpaired) electrons. The summed E-state index contributed by atoms with van der Waals surface area (Å²) in [7, 11) is 0. The first-order valence-corrected chi connectivity index (χ1v) is 6.55. The Balaban J connectivity index is 2.19. The maximum absolute atomic E-state index is 13.9. The zero-order valence-corrected chi connectivity index (χ0v) is 12.1. The number of carbonyl (C=O) groups is 1. The molecule has 21 heavy (non-hydrogen) atoms. The zero-order valence-electron chi connectivity index (χ0n) is 12.1. The number of aryl methyl sites for hydroxylation is 2. The van der Waals surface area contributed by atoms with Crippen LogP contribution in [-0.2, 0) is 0 Å². The van der Waals surface area contributed by atoms with Crippen molar-refractivity contribution in [2.75, 3.05) is 11.9 Å². The summed E-state index contributed by atoms with van der Waals surface area (Å²) in [5.41, 5.74) is 0.948. The molecule has 1 aromatic carbocycles. The van der Waals surface area contributed by atoms with Crippen molar-refractivity contribution in [1.29, 1.82) is 0 Å². The van der Waals surface area contributed by atoms with Gasteiger partial charge in [-0.3, -0.25) is 4.79 Å². The van der Waals surface area contributed by atoms with Crippen molar-refractivity contribution in [2.24, 2.45) is 0 Å². The lowest BCUT2D eigenvalue weighted by atomic mass is 10.2. The van der Waals surface area contributed by atoms with Crippen LogP contribution in [0.15, 0.2) is 24.4 Å². The van der Waals surface area contributed by atoms with E-state index < -0.39 is 11.7 Å². The standard InChI is InChI=1S/C15H16FN3O2/c1-4-21-11-5-6-14(13(16)7-11)19-15(20)12-8-17-10(3)18-9(12)2/h5-8H,4H2,1-3H3,(H,19,20). The highest BCUT2D eigenvalue weighted by Gasteiger charge is 2.13. The van der Waals surface area contributed by atoms with E-state index in [9.17, 15) is 9.18 Å². The van der Waals surface area contributed by atoms with Crippen molar-refractivity contribution < 1.29 is 13.9 Å². The lowest BCUT2D eigenvalue weighted by Crippen LogP contribution is -2.16. The van der Waals surface area contributed by atoms with Crippen LogP contribution in [0.5, 0.6) is 5.75 Å². The molecule has 0 spiro atoms. The number of benzene rings is 1. The number of aromatic nitrogens is 2. The summed E-state index contributed by atoms with van der Waals surface area (Å²) in [4.78, 5) is 20.2. The predicted octanol–water partition coefficient (Wildman–Crippen LogP) is 2.88. The molecule has 0 aliphatic rings. The second-order valence-electron chi connectivity index (χ2n) is 4.45. The molecule has 110 valence electrons. The van der Waals surface area contributed by atoms with Crippen molar-refractivity contribution in [1.82, 2.24) is 9.97 Å². The van der Waals surface area contributed by atoms with Gasteiger partial charge in [-0.25, -0.2) is 14.4 Å². The third-order valence-electron chi connectivity index (χ3n) is 2.84. The van der Waals surface area contributed by atoms with Gasteiger partial charge in [-0.05, 0) is 32.9 Å². The molecule has 1 aromatic heterocycles. The summed E-state index contributed by atoms with van der Waals surface area (Å²) in [6, 6.07) is 4.29. The Morgan fingerprint density at radius 2 is 2.14 bits per heavy atom. The van der Waals surface area contributed by atoms with E-state index in [0.717, 1.165) is 0 Å². The Hall–Kier alpha value is -2.50. The molecule has 5 nitrogen and oxygen atoms in total. The Labute approximate surface area is 122 Å². The van der Waals surface area contributed by atoms with E-state index in [4.69, 9.17) is 4.74 Å². The first kappa shape index (κ1) is 14.9. The van der Waals surface area contributed by atoms with E-state index >= 15 is 0 Å². The van der Waals surface area contributed by atoms with Crippen LogP contribution < -0.4 is 10.1 Å². The molecule has 2 aromatic rings. The first-order chi connectivity index (χ1) is 10.0. The second kappa shape index (κ2) is 6.30. The molecule has 6 heteroatoms. The van der Waals surface area contributed by atoms with Gasteiger partial charge in [0, 0.05) is 12.3 Å². The molecule has 2 rings (SSSR count). The number of nitrogens with one attached hydrogen (secondary N) is 1. The van der Waals surface area contributed by atoms with Gasteiger partial charge >= 0.3 is 0 Å². The highest BCUT2D eigenvalue weighted by Crippen LogP contribution is 2.21. The summed E-state index contributed by atoms with van der Waals surface area (Å²) in [6.45, 7) is 5.71. The minimum absolute atomic E-state index is 0.0865. The number of rotatable bonds is 4. The van der Waals surface area contributed by atoms with Crippen molar-refractivity contribution in [3.8, 4) is 5.75 Å². The lowest BCUT2D eigenvalue weighted by Gasteiger charge is -2.09. The Kier molecular flexibility index (Phi) is 4.47. The molecule has 0 atom stereocenters. The quantitative estimate of drug-likeness (QED) is 0.940. The fourth-order valence-electron chi connectivity index (χ4n) is 1.85. The van der Waals surface area contributed by atoms with E-state index in [-0.39, 0.29) is 5.69 Å². The van der Waals surface area contributed by atoms with E-state index in [0.29, 0.717) is 29.4 Å². The maximum Gasteiger partial charge on any atom is 0.259 e. The van der Waals surface area contributed by atoms with Crippen LogP contribution in [-0.4, -0.2) is 22.5 Å². The third kappa shape index (κ3) is 3.53. The summed E-state index contributed by atoms with van der Waals surface area (Å²) in [6.07, 6.45) is 1.43. The number of anilines is 1. The average molecular weight is 289 g/mol. The average Bonchev–Trinajstić information content (AvgIpc) is 2.42. The monoisotopic (exact) mass is 289 g/mol. The van der Waals surface area contributed by atoms with E-state index in [1.54, 1.807) is 19.9 Å². The van der Waals surface area contributed by atoms with Gasteiger partial charge in [0.1, 0.15) is 17.4 Å². The van der Waals surface area contributed by atoms with Gasteiger partial charge in [0.2, 0.25) is 0 Å². The van der Waals surface area contributed by atoms with Crippen LogP contribution in [0.2, 0.25) is 0 Å². The van der Waals surface area contributed by atoms with E-state index in [2.05, 4.69) is 15.3 Å². The lowest BCUT2D eigenvalue weighted by molar-refractivity contribution is 0.102. The maximum atomic E-state index is 13.9. The van der Waals surface area contributed by atoms with Crippen LogP contribution in [0, 0.1) is 19.7 Å². The number of hydrogen-bond acceptors (Lipinski definition) is 4. The second-order valence-corrected chi connectivity index (χ2v) is 4.45. The molecule has 1 amide bonds. The fourth-order valence-corrected chi connectivity index (χ4v) is 1.85.